The van der Waals surface area contributed by atoms with Gasteiger partial charge >= 0.3 is 0 Å². The van der Waals surface area contributed by atoms with Gasteiger partial charge in [-0.3, -0.25) is 0 Å². The Labute approximate surface area is 171 Å². The third-order valence-electron chi connectivity index (χ3n) is 5.51. The largest absolute Gasteiger partial charge is 0.473 e. The standard InChI is InChI=1S/C21H30ClN3OS/c1-15-9-10-18(20(11-15)27-22)14-26-21-12-19(13-23-3)24-25(21)16(2)17-7-5-4-6-8-17/h9-12,16-17,23H,4-8,13-14H2,1-3H3. The minimum atomic E-state index is 0.353. The molecule has 148 valence electrons. The number of ether oxygens (including phenoxy) is 1. The molecule has 1 unspecified atom stereocenters. The van der Waals surface area contributed by atoms with Crippen molar-refractivity contribution in [2.75, 3.05) is 7.05 Å². The Morgan fingerprint density at radius 1 is 1.30 bits per heavy atom. The maximum atomic E-state index is 6.25. The number of rotatable bonds is 8. The summed E-state index contributed by atoms with van der Waals surface area (Å²) in [5.74, 6) is 1.53. The number of aryl methyl sites for hydroxylation is 1. The summed E-state index contributed by atoms with van der Waals surface area (Å²) in [5, 5.41) is 8.03. The summed E-state index contributed by atoms with van der Waals surface area (Å²) in [6.45, 7) is 5.60. The molecule has 4 nitrogen and oxygen atoms in total. The topological polar surface area (TPSA) is 39.1 Å². The molecule has 1 aliphatic carbocycles. The first-order chi connectivity index (χ1) is 13.1. The molecule has 1 aliphatic rings. The molecule has 1 aromatic heterocycles. The number of nitrogens with one attached hydrogen (secondary N) is 1. The lowest BCUT2D eigenvalue weighted by molar-refractivity contribution is 0.208. The summed E-state index contributed by atoms with van der Waals surface area (Å²) in [6, 6.07) is 8.72. The molecule has 0 spiro atoms. The maximum Gasteiger partial charge on any atom is 0.212 e. The van der Waals surface area contributed by atoms with Crippen LogP contribution in [0.15, 0.2) is 29.2 Å². The predicted octanol–water partition coefficient (Wildman–Crippen LogP) is 5.88. The van der Waals surface area contributed by atoms with E-state index >= 15 is 0 Å². The molecule has 27 heavy (non-hydrogen) atoms. The number of aromatic nitrogens is 2. The van der Waals surface area contributed by atoms with Gasteiger partial charge in [0, 0.05) is 23.1 Å². The molecule has 0 aliphatic heterocycles. The van der Waals surface area contributed by atoms with Crippen molar-refractivity contribution in [1.29, 1.82) is 0 Å². The van der Waals surface area contributed by atoms with E-state index in [0.717, 1.165) is 28.6 Å². The van der Waals surface area contributed by atoms with Crippen LogP contribution in [0, 0.1) is 12.8 Å². The lowest BCUT2D eigenvalue weighted by Crippen LogP contribution is -2.21. The molecule has 1 fully saturated rings. The summed E-state index contributed by atoms with van der Waals surface area (Å²) < 4.78 is 8.35. The number of hydrogen-bond donors (Lipinski definition) is 1. The SMILES string of the molecule is CNCc1cc(OCc2ccc(C)cc2SCl)n(C(C)C2CCCCC2)n1. The number of nitrogens with zero attached hydrogens (tertiary/aromatic N) is 2. The number of benzene rings is 1. The van der Waals surface area contributed by atoms with Crippen LogP contribution >= 0.6 is 21.7 Å². The summed E-state index contributed by atoms with van der Waals surface area (Å²) in [6.07, 6.45) is 6.59. The molecular formula is C21H30ClN3OS. The van der Waals surface area contributed by atoms with E-state index in [2.05, 4.69) is 48.1 Å². The highest BCUT2D eigenvalue weighted by Gasteiger charge is 2.25. The van der Waals surface area contributed by atoms with Crippen LogP contribution in [-0.4, -0.2) is 16.8 Å². The zero-order valence-electron chi connectivity index (χ0n) is 16.5. The minimum absolute atomic E-state index is 0.353. The first kappa shape index (κ1) is 20.6. The van der Waals surface area contributed by atoms with Crippen molar-refractivity contribution >= 4 is 21.7 Å². The van der Waals surface area contributed by atoms with Gasteiger partial charge in [0.15, 0.2) is 0 Å². The van der Waals surface area contributed by atoms with Gasteiger partial charge in [-0.2, -0.15) is 5.10 Å². The van der Waals surface area contributed by atoms with Gasteiger partial charge in [0.1, 0.15) is 6.61 Å². The van der Waals surface area contributed by atoms with Crippen LogP contribution in [0.2, 0.25) is 0 Å². The van der Waals surface area contributed by atoms with Crippen molar-refractivity contribution in [3.63, 3.8) is 0 Å². The zero-order valence-corrected chi connectivity index (χ0v) is 18.1. The average Bonchev–Trinajstić information content (AvgIpc) is 3.10. The summed E-state index contributed by atoms with van der Waals surface area (Å²) in [7, 11) is 9.25. The Morgan fingerprint density at radius 3 is 2.78 bits per heavy atom. The van der Waals surface area contributed by atoms with Gasteiger partial charge in [0.25, 0.3) is 0 Å². The summed E-state index contributed by atoms with van der Waals surface area (Å²) >= 11 is 0. The van der Waals surface area contributed by atoms with Crippen LogP contribution in [0.25, 0.3) is 0 Å². The van der Waals surface area contributed by atoms with E-state index in [0.29, 0.717) is 18.6 Å². The summed E-state index contributed by atoms with van der Waals surface area (Å²) in [5.41, 5.74) is 3.33. The highest BCUT2D eigenvalue weighted by atomic mass is 35.7. The molecule has 0 amide bonds. The molecule has 0 radical (unpaired) electrons. The fourth-order valence-corrected chi connectivity index (χ4v) is 4.80. The third kappa shape index (κ3) is 5.21. The van der Waals surface area contributed by atoms with Crippen LogP contribution in [0.1, 0.15) is 61.9 Å². The second-order valence-electron chi connectivity index (χ2n) is 7.56. The molecule has 1 atom stereocenters. The van der Waals surface area contributed by atoms with Crippen molar-refractivity contribution in [3.8, 4) is 5.88 Å². The van der Waals surface area contributed by atoms with E-state index in [4.69, 9.17) is 20.5 Å². The van der Waals surface area contributed by atoms with Gasteiger partial charge in [-0.05, 0) is 72.9 Å². The monoisotopic (exact) mass is 407 g/mol. The van der Waals surface area contributed by atoms with Crippen LogP contribution in [0.5, 0.6) is 5.88 Å². The van der Waals surface area contributed by atoms with E-state index in [1.165, 1.54) is 48.6 Å². The smallest absolute Gasteiger partial charge is 0.212 e. The lowest BCUT2D eigenvalue weighted by Gasteiger charge is -2.28. The van der Waals surface area contributed by atoms with E-state index < -0.39 is 0 Å². The van der Waals surface area contributed by atoms with Crippen LogP contribution in [0.3, 0.4) is 0 Å². The maximum absolute atomic E-state index is 6.25. The normalized spacial score (nSPS) is 16.4. The highest BCUT2D eigenvalue weighted by molar-refractivity contribution is 8.21. The Morgan fingerprint density at radius 2 is 2.07 bits per heavy atom. The molecular weight excluding hydrogens is 378 g/mol. The van der Waals surface area contributed by atoms with Crippen molar-refractivity contribution < 1.29 is 4.74 Å². The molecule has 1 aromatic carbocycles. The Hall–Kier alpha value is -1.17. The van der Waals surface area contributed by atoms with Crippen molar-refractivity contribution in [2.45, 2.75) is 70.0 Å². The molecule has 1 heterocycles. The Bertz CT molecular complexity index is 743. The molecule has 2 aromatic rings. The van der Waals surface area contributed by atoms with Crippen molar-refractivity contribution in [1.82, 2.24) is 15.1 Å². The number of hydrogen-bond acceptors (Lipinski definition) is 4. The van der Waals surface area contributed by atoms with Crippen molar-refractivity contribution in [3.05, 3.63) is 41.1 Å². The number of halogens is 1. The van der Waals surface area contributed by atoms with Gasteiger partial charge in [0.2, 0.25) is 5.88 Å². The molecule has 0 bridgehead atoms. The molecule has 1 saturated carbocycles. The second kappa shape index (κ2) is 9.85. The quantitative estimate of drug-likeness (QED) is 0.593. The van der Waals surface area contributed by atoms with Gasteiger partial charge < -0.3 is 10.1 Å². The van der Waals surface area contributed by atoms with Gasteiger partial charge in [-0.25, -0.2) is 4.68 Å². The van der Waals surface area contributed by atoms with Crippen molar-refractivity contribution in [2.24, 2.45) is 5.92 Å². The van der Waals surface area contributed by atoms with Gasteiger partial charge in [0.05, 0.1) is 11.7 Å². The van der Waals surface area contributed by atoms with Gasteiger partial charge in [-0.1, -0.05) is 31.4 Å². The van der Waals surface area contributed by atoms with Gasteiger partial charge in [-0.15, -0.1) is 0 Å². The van der Waals surface area contributed by atoms with E-state index in [9.17, 15) is 0 Å². The van der Waals surface area contributed by atoms with Crippen LogP contribution < -0.4 is 10.1 Å². The molecule has 0 saturated heterocycles. The van der Waals surface area contributed by atoms with E-state index in [1.807, 2.05) is 7.05 Å². The fourth-order valence-electron chi connectivity index (χ4n) is 3.91. The molecule has 6 heteroatoms. The summed E-state index contributed by atoms with van der Waals surface area (Å²) in [4.78, 5) is 1.05. The third-order valence-corrected chi connectivity index (χ3v) is 6.55. The lowest BCUT2D eigenvalue weighted by atomic mass is 9.85. The van der Waals surface area contributed by atoms with E-state index in [-0.39, 0.29) is 0 Å². The van der Waals surface area contributed by atoms with E-state index in [1.54, 1.807) is 0 Å². The zero-order chi connectivity index (χ0) is 19.2. The van der Waals surface area contributed by atoms with Crippen LogP contribution in [0.4, 0.5) is 0 Å². The Kier molecular flexibility index (Phi) is 7.50. The first-order valence-electron chi connectivity index (χ1n) is 9.86. The first-order valence-corrected chi connectivity index (χ1v) is 11.5. The van der Waals surface area contributed by atoms with Crippen LogP contribution in [-0.2, 0) is 13.2 Å². The molecule has 3 rings (SSSR count). The minimum Gasteiger partial charge on any atom is -0.473 e. The second-order valence-corrected chi connectivity index (χ2v) is 8.62. The highest BCUT2D eigenvalue weighted by Crippen LogP contribution is 2.35. The molecule has 1 N–H and O–H groups in total. The Balaban J connectivity index is 1.79. The fraction of sp³-hybridized carbons (Fsp3) is 0.571. The predicted molar refractivity (Wildman–Crippen MR) is 113 cm³/mol. The average molecular weight is 408 g/mol.